The molecule has 0 radical (unpaired) electrons. The molecule has 45 heavy (non-hydrogen) atoms. The molecule has 0 aliphatic heterocycles. The van der Waals surface area contributed by atoms with Crippen molar-refractivity contribution in [3.8, 4) is 5.75 Å². The van der Waals surface area contributed by atoms with Gasteiger partial charge in [0.2, 0.25) is 0 Å². The standard InChI is InChI=1S/C42H55FO2/c1-35(2)38-25-20-36(21-26-38)19-17-15-13-11-9-7-5-3-4-6-8-10-12-14-16-18-34-45-41-31-22-37(23-32-41)24-33-42(44)39-27-29-40(43)30-28-39/h20-33H,1,3-19,34H2,2H3. The molecule has 0 spiro atoms. The number of allylic oxidation sites excluding steroid dienone is 2. The molecule has 0 aliphatic rings. The second-order valence-electron chi connectivity index (χ2n) is 12.5. The number of carbonyl (C=O) groups is 1. The normalized spacial score (nSPS) is 11.2. The van der Waals surface area contributed by atoms with E-state index in [4.69, 9.17) is 4.74 Å². The van der Waals surface area contributed by atoms with Crippen molar-refractivity contribution in [2.45, 2.75) is 116 Å². The summed E-state index contributed by atoms with van der Waals surface area (Å²) in [6.45, 7) is 6.82. The van der Waals surface area contributed by atoms with Gasteiger partial charge in [0.25, 0.3) is 0 Å². The Labute approximate surface area is 272 Å². The van der Waals surface area contributed by atoms with Crippen LogP contribution < -0.4 is 4.74 Å². The number of ketones is 1. The third-order valence-electron chi connectivity index (χ3n) is 8.51. The van der Waals surface area contributed by atoms with E-state index in [0.717, 1.165) is 29.9 Å². The molecule has 0 atom stereocenters. The Balaban J connectivity index is 1.05. The Kier molecular flexibility index (Phi) is 17.7. The van der Waals surface area contributed by atoms with Crippen LogP contribution in [-0.4, -0.2) is 12.4 Å². The molecule has 3 aromatic carbocycles. The van der Waals surface area contributed by atoms with Gasteiger partial charge in [-0.15, -0.1) is 0 Å². The van der Waals surface area contributed by atoms with Gasteiger partial charge in [0.1, 0.15) is 11.6 Å². The Morgan fingerprint density at radius 3 is 1.60 bits per heavy atom. The van der Waals surface area contributed by atoms with E-state index < -0.39 is 0 Å². The Bertz CT molecular complexity index is 1260. The van der Waals surface area contributed by atoms with E-state index in [9.17, 15) is 9.18 Å². The summed E-state index contributed by atoms with van der Waals surface area (Å²) in [6.07, 6.45) is 26.0. The van der Waals surface area contributed by atoms with Crippen molar-refractivity contribution in [2.75, 3.05) is 6.61 Å². The van der Waals surface area contributed by atoms with Gasteiger partial charge in [0.15, 0.2) is 5.78 Å². The number of hydrogen-bond donors (Lipinski definition) is 0. The minimum Gasteiger partial charge on any atom is -0.494 e. The maximum absolute atomic E-state index is 13.0. The molecule has 0 heterocycles. The van der Waals surface area contributed by atoms with Crippen molar-refractivity contribution in [1.82, 2.24) is 0 Å². The molecule has 2 nitrogen and oxygen atoms in total. The highest BCUT2D eigenvalue weighted by Crippen LogP contribution is 2.18. The van der Waals surface area contributed by atoms with Gasteiger partial charge in [-0.3, -0.25) is 4.79 Å². The van der Waals surface area contributed by atoms with E-state index in [1.54, 1.807) is 6.08 Å². The molecule has 0 saturated carbocycles. The van der Waals surface area contributed by atoms with Crippen molar-refractivity contribution in [3.63, 3.8) is 0 Å². The summed E-state index contributed by atoms with van der Waals surface area (Å²) in [4.78, 5) is 12.2. The van der Waals surface area contributed by atoms with Crippen LogP contribution in [-0.2, 0) is 6.42 Å². The number of rotatable bonds is 24. The SMILES string of the molecule is C=C(C)c1ccc(CCCCCCCCCCCCCCCCCCOc2ccc(C=CC(=O)c3ccc(F)cc3)cc2)cc1. The van der Waals surface area contributed by atoms with Crippen molar-refractivity contribution in [3.05, 3.63) is 114 Å². The molecular weight excluding hydrogens is 555 g/mol. The Morgan fingerprint density at radius 1 is 0.622 bits per heavy atom. The van der Waals surface area contributed by atoms with E-state index in [0.29, 0.717) is 5.56 Å². The fraction of sp³-hybridized carbons (Fsp3) is 0.452. The lowest BCUT2D eigenvalue weighted by Gasteiger charge is -2.07. The maximum atomic E-state index is 13.0. The molecule has 0 unspecified atom stereocenters. The molecule has 0 amide bonds. The number of benzene rings is 3. The smallest absolute Gasteiger partial charge is 0.185 e. The summed E-state index contributed by atoms with van der Waals surface area (Å²) in [5, 5.41) is 0. The molecule has 0 bridgehead atoms. The first-order valence-electron chi connectivity index (χ1n) is 17.5. The Morgan fingerprint density at radius 2 is 1.09 bits per heavy atom. The summed E-state index contributed by atoms with van der Waals surface area (Å²) in [5.74, 6) is 0.369. The fourth-order valence-electron chi connectivity index (χ4n) is 5.61. The number of carbonyl (C=O) groups excluding carboxylic acids is 1. The first kappa shape index (κ1) is 36.0. The molecule has 3 aromatic rings. The zero-order valence-electron chi connectivity index (χ0n) is 27.7. The number of halogens is 1. The van der Waals surface area contributed by atoms with Gasteiger partial charge in [-0.1, -0.05) is 145 Å². The van der Waals surface area contributed by atoms with Gasteiger partial charge in [-0.25, -0.2) is 4.39 Å². The molecule has 0 N–H and O–H groups in total. The second-order valence-corrected chi connectivity index (χ2v) is 12.5. The topological polar surface area (TPSA) is 26.3 Å². The lowest BCUT2D eigenvalue weighted by Crippen LogP contribution is -1.97. The molecule has 3 rings (SSSR count). The molecule has 0 fully saturated rings. The highest BCUT2D eigenvalue weighted by molar-refractivity contribution is 6.06. The van der Waals surface area contributed by atoms with Gasteiger partial charge >= 0.3 is 0 Å². The van der Waals surface area contributed by atoms with Crippen LogP contribution in [0.25, 0.3) is 11.6 Å². The van der Waals surface area contributed by atoms with Gasteiger partial charge in [-0.05, 0) is 85.4 Å². The zero-order chi connectivity index (χ0) is 32.0. The van der Waals surface area contributed by atoms with E-state index in [1.165, 1.54) is 144 Å². The van der Waals surface area contributed by atoms with Crippen LogP contribution in [0.1, 0.15) is 137 Å². The number of unbranched alkanes of at least 4 members (excludes halogenated alkanes) is 15. The Hall–Kier alpha value is -3.46. The summed E-state index contributed by atoms with van der Waals surface area (Å²) < 4.78 is 18.9. The van der Waals surface area contributed by atoms with Crippen molar-refractivity contribution in [2.24, 2.45) is 0 Å². The van der Waals surface area contributed by atoms with Crippen LogP contribution in [0.2, 0.25) is 0 Å². The molecule has 0 aliphatic carbocycles. The van der Waals surface area contributed by atoms with E-state index in [1.807, 2.05) is 24.3 Å². The van der Waals surface area contributed by atoms with Gasteiger partial charge in [-0.2, -0.15) is 0 Å². The first-order valence-corrected chi connectivity index (χ1v) is 17.5. The van der Waals surface area contributed by atoms with Gasteiger partial charge < -0.3 is 4.74 Å². The number of hydrogen-bond acceptors (Lipinski definition) is 2. The van der Waals surface area contributed by atoms with Crippen molar-refractivity contribution >= 4 is 17.4 Å². The van der Waals surface area contributed by atoms with E-state index in [2.05, 4.69) is 37.8 Å². The summed E-state index contributed by atoms with van der Waals surface area (Å²) in [6, 6.07) is 22.3. The minimum absolute atomic E-state index is 0.143. The lowest BCUT2D eigenvalue weighted by atomic mass is 10.0. The molecule has 0 saturated heterocycles. The molecule has 3 heteroatoms. The fourth-order valence-corrected chi connectivity index (χ4v) is 5.61. The first-order chi connectivity index (χ1) is 22.0. The van der Waals surface area contributed by atoms with Gasteiger partial charge in [0, 0.05) is 5.56 Å². The average molecular weight is 611 g/mol. The average Bonchev–Trinajstić information content (AvgIpc) is 3.05. The number of ether oxygens (including phenoxy) is 1. The van der Waals surface area contributed by atoms with Crippen LogP contribution in [0.4, 0.5) is 4.39 Å². The highest BCUT2D eigenvalue weighted by atomic mass is 19.1. The van der Waals surface area contributed by atoms with E-state index >= 15 is 0 Å². The van der Waals surface area contributed by atoms with Gasteiger partial charge in [0.05, 0.1) is 6.61 Å². The van der Waals surface area contributed by atoms with Crippen LogP contribution >= 0.6 is 0 Å². The largest absolute Gasteiger partial charge is 0.494 e. The van der Waals surface area contributed by atoms with Crippen LogP contribution in [0.15, 0.2) is 85.5 Å². The monoisotopic (exact) mass is 610 g/mol. The van der Waals surface area contributed by atoms with Crippen LogP contribution in [0.3, 0.4) is 0 Å². The number of aryl methyl sites for hydroxylation is 1. The third kappa shape index (κ3) is 15.9. The van der Waals surface area contributed by atoms with Crippen LogP contribution in [0.5, 0.6) is 5.75 Å². The molecule has 0 aromatic heterocycles. The predicted octanol–water partition coefficient (Wildman–Crippen LogP) is 12.6. The maximum Gasteiger partial charge on any atom is 0.185 e. The second kappa shape index (κ2) is 22.1. The lowest BCUT2D eigenvalue weighted by molar-refractivity contribution is 0.104. The van der Waals surface area contributed by atoms with Crippen LogP contribution in [0, 0.1) is 5.82 Å². The quantitative estimate of drug-likeness (QED) is 0.0573. The highest BCUT2D eigenvalue weighted by Gasteiger charge is 2.02. The summed E-state index contributed by atoms with van der Waals surface area (Å²) in [5.41, 5.74) is 5.25. The van der Waals surface area contributed by atoms with Crippen molar-refractivity contribution in [1.29, 1.82) is 0 Å². The predicted molar refractivity (Wildman–Crippen MR) is 190 cm³/mol. The minimum atomic E-state index is -0.344. The summed E-state index contributed by atoms with van der Waals surface area (Å²) >= 11 is 0. The van der Waals surface area contributed by atoms with E-state index in [-0.39, 0.29) is 11.6 Å². The zero-order valence-corrected chi connectivity index (χ0v) is 27.7. The molecular formula is C42H55FO2. The van der Waals surface area contributed by atoms with Crippen molar-refractivity contribution < 1.29 is 13.9 Å². The third-order valence-corrected chi connectivity index (χ3v) is 8.51. The molecule has 242 valence electrons. The summed E-state index contributed by atoms with van der Waals surface area (Å²) in [7, 11) is 0.